The highest BCUT2D eigenvalue weighted by Gasteiger charge is 2.31. The lowest BCUT2D eigenvalue weighted by molar-refractivity contribution is 0.569. The van der Waals surface area contributed by atoms with Crippen molar-refractivity contribution in [2.24, 2.45) is 7.05 Å². The number of rotatable bonds is 2. The van der Waals surface area contributed by atoms with E-state index in [1.54, 1.807) is 0 Å². The van der Waals surface area contributed by atoms with Gasteiger partial charge in [-0.05, 0) is 43.7 Å². The molecule has 14 heavy (non-hydrogen) atoms. The summed E-state index contributed by atoms with van der Waals surface area (Å²) in [6.45, 7) is 1.17. The van der Waals surface area contributed by atoms with E-state index in [0.717, 1.165) is 5.92 Å². The summed E-state index contributed by atoms with van der Waals surface area (Å²) < 4.78 is 2.07. The molecule has 1 N–H and O–H groups in total. The third-order valence-electron chi connectivity index (χ3n) is 3.42. The second-order valence-corrected chi connectivity index (χ2v) is 4.53. The van der Waals surface area contributed by atoms with E-state index in [4.69, 9.17) is 0 Å². The van der Waals surface area contributed by atoms with Crippen LogP contribution in [-0.2, 0) is 7.05 Å². The minimum Gasteiger partial charge on any atom is -0.309 e. The average molecular weight is 191 g/mol. The van der Waals surface area contributed by atoms with Crippen LogP contribution in [0.1, 0.15) is 48.9 Å². The molecule has 0 amide bonds. The first-order valence-corrected chi connectivity index (χ1v) is 5.61. The molecule has 1 unspecified atom stereocenters. The van der Waals surface area contributed by atoms with Gasteiger partial charge in [0.15, 0.2) is 0 Å². The van der Waals surface area contributed by atoms with E-state index in [2.05, 4.69) is 28.3 Å². The highest BCUT2D eigenvalue weighted by Crippen LogP contribution is 2.43. The molecular formula is C11H17N3. The number of hydrogen-bond acceptors (Lipinski definition) is 2. The molecule has 1 saturated carbocycles. The van der Waals surface area contributed by atoms with E-state index in [1.165, 1.54) is 43.5 Å². The lowest BCUT2D eigenvalue weighted by Crippen LogP contribution is -2.17. The van der Waals surface area contributed by atoms with Crippen LogP contribution in [0.25, 0.3) is 0 Å². The Labute approximate surface area is 84.5 Å². The highest BCUT2D eigenvalue weighted by atomic mass is 15.3. The first-order chi connectivity index (χ1) is 6.86. The van der Waals surface area contributed by atoms with Gasteiger partial charge in [0, 0.05) is 13.1 Å². The Kier molecular flexibility index (Phi) is 1.87. The molecule has 2 fully saturated rings. The molecule has 2 heterocycles. The predicted molar refractivity (Wildman–Crippen MR) is 55.2 cm³/mol. The molecule has 3 rings (SSSR count). The minimum atomic E-state index is 0.568. The Hall–Kier alpha value is -0.830. The van der Waals surface area contributed by atoms with Crippen molar-refractivity contribution >= 4 is 0 Å². The van der Waals surface area contributed by atoms with Gasteiger partial charge in [0.25, 0.3) is 0 Å². The van der Waals surface area contributed by atoms with Gasteiger partial charge in [-0.25, -0.2) is 0 Å². The summed E-state index contributed by atoms with van der Waals surface area (Å²) in [5.74, 6) is 0.820. The van der Waals surface area contributed by atoms with Gasteiger partial charge in [0.2, 0.25) is 0 Å². The molecule has 0 radical (unpaired) electrons. The molecule has 0 aromatic carbocycles. The Morgan fingerprint density at radius 3 is 2.93 bits per heavy atom. The summed E-state index contributed by atoms with van der Waals surface area (Å²) in [6, 6.07) is 0.568. The molecule has 3 nitrogen and oxygen atoms in total. The fourth-order valence-corrected chi connectivity index (χ4v) is 2.52. The standard InChI is InChI=1S/C11H17N3/c1-14-11(10-3-2-6-12-10)9(7-13-14)8-4-5-8/h7-8,10,12H,2-6H2,1H3. The lowest BCUT2D eigenvalue weighted by atomic mass is 10.0. The molecule has 3 heteroatoms. The molecule has 1 aromatic rings. The Morgan fingerprint density at radius 1 is 1.43 bits per heavy atom. The van der Waals surface area contributed by atoms with Crippen LogP contribution in [0.5, 0.6) is 0 Å². The highest BCUT2D eigenvalue weighted by molar-refractivity contribution is 5.29. The topological polar surface area (TPSA) is 29.9 Å². The van der Waals surface area contributed by atoms with E-state index < -0.39 is 0 Å². The fourth-order valence-electron chi connectivity index (χ4n) is 2.52. The number of aryl methyl sites for hydroxylation is 1. The van der Waals surface area contributed by atoms with Gasteiger partial charge in [-0.2, -0.15) is 5.10 Å². The summed E-state index contributed by atoms with van der Waals surface area (Å²) in [4.78, 5) is 0. The summed E-state index contributed by atoms with van der Waals surface area (Å²) in [5, 5.41) is 7.96. The van der Waals surface area contributed by atoms with Crippen LogP contribution >= 0.6 is 0 Å². The molecule has 1 aromatic heterocycles. The SMILES string of the molecule is Cn1ncc(C2CC2)c1C1CCCN1. The van der Waals surface area contributed by atoms with Crippen LogP contribution in [0.15, 0.2) is 6.20 Å². The summed E-state index contributed by atoms with van der Waals surface area (Å²) >= 11 is 0. The van der Waals surface area contributed by atoms with Gasteiger partial charge in [0.05, 0.1) is 11.9 Å². The van der Waals surface area contributed by atoms with Crippen LogP contribution in [0, 0.1) is 0 Å². The quantitative estimate of drug-likeness (QED) is 0.771. The molecule has 2 aliphatic rings. The van der Waals surface area contributed by atoms with Crippen molar-refractivity contribution in [2.75, 3.05) is 6.54 Å². The molecule has 0 bridgehead atoms. The number of nitrogens with zero attached hydrogens (tertiary/aromatic N) is 2. The number of hydrogen-bond donors (Lipinski definition) is 1. The van der Waals surface area contributed by atoms with Gasteiger partial charge < -0.3 is 5.32 Å². The summed E-state index contributed by atoms with van der Waals surface area (Å²) in [7, 11) is 2.07. The number of aromatic nitrogens is 2. The average Bonchev–Trinajstić information content (AvgIpc) is 2.75. The number of nitrogens with one attached hydrogen (secondary N) is 1. The smallest absolute Gasteiger partial charge is 0.0585 e. The first-order valence-electron chi connectivity index (χ1n) is 5.61. The van der Waals surface area contributed by atoms with Crippen LogP contribution in [0.4, 0.5) is 0 Å². The maximum absolute atomic E-state index is 4.40. The molecule has 1 atom stereocenters. The summed E-state index contributed by atoms with van der Waals surface area (Å²) in [5.41, 5.74) is 2.96. The summed E-state index contributed by atoms with van der Waals surface area (Å²) in [6.07, 6.45) is 7.39. The molecule has 76 valence electrons. The fraction of sp³-hybridized carbons (Fsp3) is 0.727. The third-order valence-corrected chi connectivity index (χ3v) is 3.42. The Bertz CT molecular complexity index is 332. The monoisotopic (exact) mass is 191 g/mol. The molecular weight excluding hydrogens is 174 g/mol. The molecule has 1 saturated heterocycles. The second-order valence-electron chi connectivity index (χ2n) is 4.53. The normalized spacial score (nSPS) is 27.1. The Morgan fingerprint density at radius 2 is 2.29 bits per heavy atom. The van der Waals surface area contributed by atoms with Crippen molar-refractivity contribution in [1.82, 2.24) is 15.1 Å². The van der Waals surface area contributed by atoms with E-state index in [1.807, 2.05) is 0 Å². The van der Waals surface area contributed by atoms with Gasteiger partial charge in [-0.1, -0.05) is 0 Å². The van der Waals surface area contributed by atoms with Crippen molar-refractivity contribution in [3.8, 4) is 0 Å². The maximum atomic E-state index is 4.40. The van der Waals surface area contributed by atoms with Crippen molar-refractivity contribution in [3.63, 3.8) is 0 Å². The van der Waals surface area contributed by atoms with Gasteiger partial charge in [-0.3, -0.25) is 4.68 Å². The van der Waals surface area contributed by atoms with Crippen molar-refractivity contribution in [3.05, 3.63) is 17.5 Å². The maximum Gasteiger partial charge on any atom is 0.0585 e. The Balaban J connectivity index is 1.96. The largest absolute Gasteiger partial charge is 0.309 e. The van der Waals surface area contributed by atoms with Crippen LogP contribution in [0.2, 0.25) is 0 Å². The minimum absolute atomic E-state index is 0.568. The first kappa shape index (κ1) is 8.48. The van der Waals surface area contributed by atoms with Crippen molar-refractivity contribution in [1.29, 1.82) is 0 Å². The van der Waals surface area contributed by atoms with Crippen molar-refractivity contribution < 1.29 is 0 Å². The van der Waals surface area contributed by atoms with Gasteiger partial charge >= 0.3 is 0 Å². The van der Waals surface area contributed by atoms with E-state index in [0.29, 0.717) is 6.04 Å². The predicted octanol–water partition coefficient (Wildman–Crippen LogP) is 1.72. The zero-order valence-corrected chi connectivity index (χ0v) is 8.66. The zero-order valence-electron chi connectivity index (χ0n) is 8.66. The van der Waals surface area contributed by atoms with Crippen LogP contribution in [0.3, 0.4) is 0 Å². The van der Waals surface area contributed by atoms with E-state index >= 15 is 0 Å². The zero-order chi connectivity index (χ0) is 9.54. The lowest BCUT2D eigenvalue weighted by Gasteiger charge is -2.13. The van der Waals surface area contributed by atoms with Crippen LogP contribution < -0.4 is 5.32 Å². The molecule has 1 aliphatic carbocycles. The van der Waals surface area contributed by atoms with E-state index in [-0.39, 0.29) is 0 Å². The van der Waals surface area contributed by atoms with Gasteiger partial charge in [-0.15, -0.1) is 0 Å². The van der Waals surface area contributed by atoms with Gasteiger partial charge in [0.1, 0.15) is 0 Å². The second kappa shape index (κ2) is 3.09. The molecule has 0 spiro atoms. The van der Waals surface area contributed by atoms with Crippen molar-refractivity contribution in [2.45, 2.75) is 37.6 Å². The van der Waals surface area contributed by atoms with Crippen LogP contribution in [-0.4, -0.2) is 16.3 Å². The molecule has 1 aliphatic heterocycles. The third kappa shape index (κ3) is 1.27. The van der Waals surface area contributed by atoms with E-state index in [9.17, 15) is 0 Å².